The Morgan fingerprint density at radius 3 is 2.64 bits per heavy atom. The SMILES string of the molecule is COc1cccc(C2NC(=O)N(Cc3ccccc3F)C(C)=C2c2nc(-c3cccc(F)c3)no2)c1. The zero-order valence-electron chi connectivity index (χ0n) is 19.5. The van der Waals surface area contributed by atoms with Crippen LogP contribution in [0.4, 0.5) is 13.6 Å². The van der Waals surface area contributed by atoms with Crippen LogP contribution in [-0.2, 0) is 6.54 Å². The minimum Gasteiger partial charge on any atom is -0.497 e. The Kier molecular flexibility index (Phi) is 6.20. The Bertz CT molecular complexity index is 1470. The maximum atomic E-state index is 14.4. The standard InChI is InChI=1S/C27H22F2N4O3/c1-16-23(26-31-25(32-36-26)18-9-5-10-20(28)13-18)24(17-8-6-11-21(14-17)35-2)30-27(34)33(16)15-19-7-3-4-12-22(19)29/h3-14,24H,15H2,1-2H3,(H,30,34). The van der Waals surface area contributed by atoms with Gasteiger partial charge >= 0.3 is 6.03 Å². The number of halogens is 2. The number of urea groups is 1. The van der Waals surface area contributed by atoms with Gasteiger partial charge in [-0.2, -0.15) is 4.98 Å². The van der Waals surface area contributed by atoms with Crippen molar-refractivity contribution in [2.75, 3.05) is 7.11 Å². The third-order valence-corrected chi connectivity index (χ3v) is 6.05. The number of amides is 2. The van der Waals surface area contributed by atoms with Crippen LogP contribution in [0, 0.1) is 11.6 Å². The first-order valence-corrected chi connectivity index (χ1v) is 11.2. The molecule has 9 heteroatoms. The number of carbonyl (C=O) groups is 1. The minimum atomic E-state index is -0.648. The molecular formula is C27H22F2N4O3. The lowest BCUT2D eigenvalue weighted by Gasteiger charge is -2.35. The monoisotopic (exact) mass is 488 g/mol. The van der Waals surface area contributed by atoms with Crippen LogP contribution >= 0.6 is 0 Å². The number of aromatic nitrogens is 2. The summed E-state index contributed by atoms with van der Waals surface area (Å²) >= 11 is 0. The average Bonchev–Trinajstić information content (AvgIpc) is 3.37. The molecule has 0 spiro atoms. The number of nitrogens with zero attached hydrogens (tertiary/aromatic N) is 3. The predicted octanol–water partition coefficient (Wildman–Crippen LogP) is 5.72. The molecule has 1 aromatic heterocycles. The highest BCUT2D eigenvalue weighted by atomic mass is 19.1. The van der Waals surface area contributed by atoms with E-state index in [0.29, 0.717) is 28.1 Å². The van der Waals surface area contributed by atoms with Crippen molar-refractivity contribution in [1.82, 2.24) is 20.4 Å². The van der Waals surface area contributed by atoms with E-state index in [0.717, 1.165) is 5.56 Å². The Balaban J connectivity index is 1.62. The first-order chi connectivity index (χ1) is 17.4. The Hall–Kier alpha value is -4.53. The molecule has 1 aliphatic heterocycles. The van der Waals surface area contributed by atoms with Gasteiger partial charge in [0.05, 0.1) is 25.3 Å². The van der Waals surface area contributed by atoms with Crippen LogP contribution in [0.1, 0.15) is 30.0 Å². The van der Waals surface area contributed by atoms with Gasteiger partial charge in [-0.1, -0.05) is 47.6 Å². The summed E-state index contributed by atoms with van der Waals surface area (Å²) in [5.41, 5.74) is 2.59. The molecule has 1 N–H and O–H groups in total. The van der Waals surface area contributed by atoms with Crippen molar-refractivity contribution < 1.29 is 22.8 Å². The van der Waals surface area contributed by atoms with Gasteiger partial charge in [-0.15, -0.1) is 0 Å². The number of carbonyl (C=O) groups excluding carboxylic acids is 1. The van der Waals surface area contributed by atoms with Crippen LogP contribution in [-0.4, -0.2) is 28.2 Å². The molecule has 1 unspecified atom stereocenters. The van der Waals surface area contributed by atoms with Crippen LogP contribution < -0.4 is 10.1 Å². The molecule has 7 nitrogen and oxygen atoms in total. The molecular weight excluding hydrogens is 466 g/mol. The van der Waals surface area contributed by atoms with Gasteiger partial charge in [-0.05, 0) is 42.8 Å². The number of nitrogens with one attached hydrogen (secondary N) is 1. The molecule has 1 aliphatic rings. The highest BCUT2D eigenvalue weighted by molar-refractivity contribution is 5.87. The van der Waals surface area contributed by atoms with Crippen molar-refractivity contribution in [1.29, 1.82) is 0 Å². The van der Waals surface area contributed by atoms with Crippen molar-refractivity contribution in [2.45, 2.75) is 19.5 Å². The molecule has 0 fully saturated rings. The van der Waals surface area contributed by atoms with Gasteiger partial charge in [-0.3, -0.25) is 4.90 Å². The van der Waals surface area contributed by atoms with E-state index >= 15 is 0 Å². The molecule has 2 amide bonds. The lowest BCUT2D eigenvalue weighted by atomic mass is 9.94. The Morgan fingerprint density at radius 1 is 1.06 bits per heavy atom. The van der Waals surface area contributed by atoms with Crippen molar-refractivity contribution in [2.24, 2.45) is 0 Å². The fourth-order valence-electron chi connectivity index (χ4n) is 4.19. The highest BCUT2D eigenvalue weighted by Gasteiger charge is 2.36. The fraction of sp³-hybridized carbons (Fsp3) is 0.148. The smallest absolute Gasteiger partial charge is 0.322 e. The summed E-state index contributed by atoms with van der Waals surface area (Å²) in [6.45, 7) is 1.75. The van der Waals surface area contributed by atoms with E-state index in [9.17, 15) is 13.6 Å². The van der Waals surface area contributed by atoms with Crippen LogP contribution in [0.3, 0.4) is 0 Å². The minimum absolute atomic E-state index is 0.00353. The summed E-state index contributed by atoms with van der Waals surface area (Å²) in [5, 5.41) is 7.01. The molecule has 36 heavy (non-hydrogen) atoms. The largest absolute Gasteiger partial charge is 0.497 e. The molecule has 182 valence electrons. The van der Waals surface area contributed by atoms with Crippen LogP contribution in [0.25, 0.3) is 17.0 Å². The number of ether oxygens (including phenoxy) is 1. The topological polar surface area (TPSA) is 80.5 Å². The number of benzene rings is 3. The van der Waals surface area contributed by atoms with Gasteiger partial charge in [0, 0.05) is 16.8 Å². The second kappa shape index (κ2) is 9.61. The molecule has 5 rings (SSSR count). The van der Waals surface area contributed by atoms with Crippen molar-refractivity contribution in [3.05, 3.63) is 107 Å². The molecule has 2 heterocycles. The highest BCUT2D eigenvalue weighted by Crippen LogP contribution is 2.38. The second-order valence-electron chi connectivity index (χ2n) is 8.27. The quantitative estimate of drug-likeness (QED) is 0.375. The molecule has 1 atom stereocenters. The third kappa shape index (κ3) is 4.43. The normalized spacial score (nSPS) is 15.7. The van der Waals surface area contributed by atoms with Gasteiger partial charge < -0.3 is 14.6 Å². The number of rotatable bonds is 6. The average molecular weight is 488 g/mol. The molecule has 0 aliphatic carbocycles. The van der Waals surface area contributed by atoms with Gasteiger partial charge in [0.1, 0.15) is 17.4 Å². The molecule has 0 bridgehead atoms. The van der Waals surface area contributed by atoms with Gasteiger partial charge in [-0.25, -0.2) is 13.6 Å². The van der Waals surface area contributed by atoms with E-state index < -0.39 is 23.7 Å². The van der Waals surface area contributed by atoms with E-state index in [1.165, 1.54) is 23.1 Å². The van der Waals surface area contributed by atoms with Crippen molar-refractivity contribution >= 4 is 11.6 Å². The van der Waals surface area contributed by atoms with Crippen molar-refractivity contribution in [3.63, 3.8) is 0 Å². The van der Waals surface area contributed by atoms with E-state index in [1.807, 2.05) is 12.1 Å². The number of hydrogen-bond acceptors (Lipinski definition) is 5. The number of allylic oxidation sites excluding steroid dienone is 1. The van der Waals surface area contributed by atoms with Gasteiger partial charge in [0.2, 0.25) is 5.82 Å². The zero-order valence-corrected chi connectivity index (χ0v) is 19.5. The number of hydrogen-bond donors (Lipinski definition) is 1. The predicted molar refractivity (Wildman–Crippen MR) is 128 cm³/mol. The van der Waals surface area contributed by atoms with Crippen LogP contribution in [0.5, 0.6) is 5.75 Å². The second-order valence-corrected chi connectivity index (χ2v) is 8.27. The first-order valence-electron chi connectivity index (χ1n) is 11.2. The summed E-state index contributed by atoms with van der Waals surface area (Å²) in [5.74, 6) is 0.119. The first kappa shape index (κ1) is 23.2. The van der Waals surface area contributed by atoms with Gasteiger partial charge in [0.25, 0.3) is 5.89 Å². The summed E-state index contributed by atoms with van der Waals surface area (Å²) in [7, 11) is 1.56. The van der Waals surface area contributed by atoms with E-state index in [4.69, 9.17) is 9.26 Å². The summed E-state index contributed by atoms with van der Waals surface area (Å²) < 4.78 is 39.1. The maximum absolute atomic E-state index is 14.4. The lowest BCUT2D eigenvalue weighted by molar-refractivity contribution is 0.202. The molecule has 0 radical (unpaired) electrons. The Labute approximate surface area is 206 Å². The Morgan fingerprint density at radius 2 is 1.86 bits per heavy atom. The maximum Gasteiger partial charge on any atom is 0.322 e. The summed E-state index contributed by atoms with van der Waals surface area (Å²) in [4.78, 5) is 19.2. The third-order valence-electron chi connectivity index (χ3n) is 6.05. The molecule has 3 aromatic carbocycles. The zero-order chi connectivity index (χ0) is 25.2. The summed E-state index contributed by atoms with van der Waals surface area (Å²) in [6.07, 6.45) is 0. The van der Waals surface area contributed by atoms with Crippen molar-refractivity contribution in [3.8, 4) is 17.1 Å². The molecule has 0 saturated carbocycles. The fourth-order valence-corrected chi connectivity index (χ4v) is 4.19. The number of methoxy groups -OCH3 is 1. The van der Waals surface area contributed by atoms with E-state index in [2.05, 4.69) is 15.5 Å². The van der Waals surface area contributed by atoms with E-state index in [-0.39, 0.29) is 18.3 Å². The van der Waals surface area contributed by atoms with Crippen LogP contribution in [0.2, 0.25) is 0 Å². The lowest BCUT2D eigenvalue weighted by Crippen LogP contribution is -2.45. The molecule has 4 aromatic rings. The van der Waals surface area contributed by atoms with Crippen LogP contribution in [0.15, 0.2) is 83.0 Å². The molecule has 0 saturated heterocycles. The summed E-state index contributed by atoms with van der Waals surface area (Å²) in [6, 6.07) is 18.3. The van der Waals surface area contributed by atoms with E-state index in [1.54, 1.807) is 56.5 Å². The van der Waals surface area contributed by atoms with Gasteiger partial charge in [0.15, 0.2) is 0 Å².